The lowest BCUT2D eigenvalue weighted by atomic mass is 9.98. The van der Waals surface area contributed by atoms with Crippen LogP contribution in [0.3, 0.4) is 0 Å². The number of carbonyl (C=O) groups excluding carboxylic acids is 5. The summed E-state index contributed by atoms with van der Waals surface area (Å²) < 4.78 is 0. The Labute approximate surface area is 191 Å². The van der Waals surface area contributed by atoms with Crippen LogP contribution >= 0.6 is 12.6 Å². The summed E-state index contributed by atoms with van der Waals surface area (Å²) in [5.41, 5.74) is 15.8. The Morgan fingerprint density at radius 3 is 1.88 bits per heavy atom. The highest BCUT2D eigenvalue weighted by molar-refractivity contribution is 7.80. The first kappa shape index (κ1) is 29.1. The molecule has 0 saturated heterocycles. The molecule has 0 aromatic carbocycles. The molecule has 0 bridgehead atoms. The summed E-state index contributed by atoms with van der Waals surface area (Å²) in [5.74, 6) is -6.01. The first-order chi connectivity index (χ1) is 14.8. The zero-order chi connectivity index (χ0) is 25.0. The maximum atomic E-state index is 12.7. The molecule has 0 aliphatic carbocycles. The van der Waals surface area contributed by atoms with Gasteiger partial charge in [-0.25, -0.2) is 4.79 Å². The Kier molecular flexibility index (Phi) is 13.0. The van der Waals surface area contributed by atoms with Gasteiger partial charge in [0.1, 0.15) is 18.1 Å². The van der Waals surface area contributed by atoms with Crippen LogP contribution in [0.15, 0.2) is 0 Å². The van der Waals surface area contributed by atoms with Crippen LogP contribution in [-0.4, -0.2) is 70.5 Å². The number of nitrogens with two attached hydrogens (primary N) is 3. The van der Waals surface area contributed by atoms with Crippen LogP contribution in [0.4, 0.5) is 0 Å². The van der Waals surface area contributed by atoms with E-state index in [4.69, 9.17) is 17.2 Å². The summed E-state index contributed by atoms with van der Waals surface area (Å²) >= 11 is 3.89. The number of hydrogen-bond acceptors (Lipinski definition) is 8. The summed E-state index contributed by atoms with van der Waals surface area (Å²) in [6, 6.07) is -5.14. The largest absolute Gasteiger partial charge is 0.480 e. The predicted molar refractivity (Wildman–Crippen MR) is 117 cm³/mol. The van der Waals surface area contributed by atoms with Crippen molar-refractivity contribution in [2.24, 2.45) is 23.1 Å². The number of carbonyl (C=O) groups is 6. The fourth-order valence-electron chi connectivity index (χ4n) is 2.54. The van der Waals surface area contributed by atoms with E-state index in [1.54, 1.807) is 13.8 Å². The number of aliphatic carboxylic acids is 1. The average molecular weight is 477 g/mol. The van der Waals surface area contributed by atoms with Crippen molar-refractivity contribution in [3.63, 3.8) is 0 Å². The van der Waals surface area contributed by atoms with E-state index in [2.05, 4.69) is 28.6 Å². The molecule has 0 fully saturated rings. The van der Waals surface area contributed by atoms with E-state index < -0.39 is 72.0 Å². The molecule has 0 saturated carbocycles. The second-order valence-electron chi connectivity index (χ2n) is 7.30. The van der Waals surface area contributed by atoms with Crippen LogP contribution in [0.5, 0.6) is 0 Å². The van der Waals surface area contributed by atoms with Gasteiger partial charge in [0.25, 0.3) is 0 Å². The SMILES string of the molecule is CCC(C)C(NC(=O)C(CC(N)=O)NC(=O)C(CCC(N)=O)NC(=O)C(N)CS)C(=O)O. The van der Waals surface area contributed by atoms with Gasteiger partial charge in [-0.3, -0.25) is 24.0 Å². The first-order valence-electron chi connectivity index (χ1n) is 9.90. The highest BCUT2D eigenvalue weighted by atomic mass is 32.1. The lowest BCUT2D eigenvalue weighted by Crippen LogP contribution is -2.58. The van der Waals surface area contributed by atoms with Gasteiger partial charge in [0, 0.05) is 12.2 Å². The van der Waals surface area contributed by atoms with Gasteiger partial charge >= 0.3 is 5.97 Å². The molecule has 0 radical (unpaired) electrons. The van der Waals surface area contributed by atoms with Crippen molar-refractivity contribution in [2.45, 2.75) is 63.7 Å². The molecule has 5 amide bonds. The Hall–Kier alpha value is -2.87. The molecule has 0 aromatic heterocycles. The molecule has 13 nitrogen and oxygen atoms in total. The Balaban J connectivity index is 5.58. The monoisotopic (exact) mass is 476 g/mol. The number of rotatable bonds is 15. The van der Waals surface area contributed by atoms with E-state index in [1.165, 1.54) is 0 Å². The Morgan fingerprint density at radius 2 is 1.44 bits per heavy atom. The van der Waals surface area contributed by atoms with Crippen molar-refractivity contribution in [1.82, 2.24) is 16.0 Å². The highest BCUT2D eigenvalue weighted by Crippen LogP contribution is 2.09. The van der Waals surface area contributed by atoms with Gasteiger partial charge in [0.2, 0.25) is 29.5 Å². The lowest BCUT2D eigenvalue weighted by molar-refractivity contribution is -0.144. The minimum atomic E-state index is -1.52. The van der Waals surface area contributed by atoms with Crippen molar-refractivity contribution in [2.75, 3.05) is 5.75 Å². The van der Waals surface area contributed by atoms with Gasteiger partial charge in [0.15, 0.2) is 0 Å². The van der Waals surface area contributed by atoms with Crippen molar-refractivity contribution in [3.8, 4) is 0 Å². The van der Waals surface area contributed by atoms with Crippen LogP contribution in [0, 0.1) is 5.92 Å². The fraction of sp³-hybridized carbons (Fsp3) is 0.667. The van der Waals surface area contributed by atoms with Gasteiger partial charge in [-0.2, -0.15) is 12.6 Å². The average Bonchev–Trinajstić information content (AvgIpc) is 2.71. The molecular weight excluding hydrogens is 444 g/mol. The number of carboxylic acids is 1. The van der Waals surface area contributed by atoms with E-state index >= 15 is 0 Å². The quantitative estimate of drug-likeness (QED) is 0.113. The predicted octanol–water partition coefficient (Wildman–Crippen LogP) is -3.03. The van der Waals surface area contributed by atoms with Crippen LogP contribution in [0.25, 0.3) is 0 Å². The topological polar surface area (TPSA) is 237 Å². The molecule has 0 spiro atoms. The van der Waals surface area contributed by atoms with E-state index in [0.29, 0.717) is 6.42 Å². The first-order valence-corrected chi connectivity index (χ1v) is 10.5. The molecule has 10 N–H and O–H groups in total. The molecule has 0 aliphatic rings. The summed E-state index contributed by atoms with van der Waals surface area (Å²) in [5, 5.41) is 16.2. The minimum absolute atomic E-state index is 0.0190. The lowest BCUT2D eigenvalue weighted by Gasteiger charge is -2.26. The van der Waals surface area contributed by atoms with Gasteiger partial charge < -0.3 is 38.3 Å². The summed E-state index contributed by atoms with van der Waals surface area (Å²) in [7, 11) is 0. The van der Waals surface area contributed by atoms with Crippen molar-refractivity contribution >= 4 is 48.1 Å². The molecule has 0 aliphatic heterocycles. The number of nitrogens with one attached hydrogen (secondary N) is 3. The van der Waals surface area contributed by atoms with E-state index in [0.717, 1.165) is 0 Å². The van der Waals surface area contributed by atoms with Crippen LogP contribution in [0.2, 0.25) is 0 Å². The fourth-order valence-corrected chi connectivity index (χ4v) is 2.70. The van der Waals surface area contributed by atoms with E-state index in [-0.39, 0.29) is 18.6 Å². The minimum Gasteiger partial charge on any atom is -0.480 e. The van der Waals surface area contributed by atoms with E-state index in [9.17, 15) is 33.9 Å². The molecule has 32 heavy (non-hydrogen) atoms. The Bertz CT molecular complexity index is 720. The Morgan fingerprint density at radius 1 is 0.906 bits per heavy atom. The van der Waals surface area contributed by atoms with Crippen LogP contribution in [-0.2, 0) is 28.8 Å². The van der Waals surface area contributed by atoms with Crippen LogP contribution < -0.4 is 33.2 Å². The molecule has 5 atom stereocenters. The number of amides is 5. The molecule has 0 heterocycles. The third-order valence-electron chi connectivity index (χ3n) is 4.66. The molecule has 14 heteroatoms. The number of carboxylic acid groups (broad SMARTS) is 1. The third-order valence-corrected chi connectivity index (χ3v) is 5.05. The number of primary amides is 2. The molecule has 0 aromatic rings. The summed E-state index contributed by atoms with van der Waals surface area (Å²) in [4.78, 5) is 71.4. The highest BCUT2D eigenvalue weighted by Gasteiger charge is 2.32. The van der Waals surface area contributed by atoms with Crippen molar-refractivity contribution in [3.05, 3.63) is 0 Å². The molecule has 182 valence electrons. The maximum Gasteiger partial charge on any atom is 0.326 e. The second kappa shape index (κ2) is 14.2. The van der Waals surface area contributed by atoms with Gasteiger partial charge in [0.05, 0.1) is 12.5 Å². The summed E-state index contributed by atoms with van der Waals surface area (Å²) in [6.07, 6.45) is -0.661. The maximum absolute atomic E-state index is 12.7. The third kappa shape index (κ3) is 10.4. The number of thiol groups is 1. The second-order valence-corrected chi connectivity index (χ2v) is 7.66. The number of hydrogen-bond donors (Lipinski definition) is 8. The van der Waals surface area contributed by atoms with E-state index in [1.807, 2.05) is 0 Å². The van der Waals surface area contributed by atoms with Crippen LogP contribution in [0.1, 0.15) is 39.5 Å². The molecule has 5 unspecified atom stereocenters. The normalized spacial score (nSPS) is 15.4. The van der Waals surface area contributed by atoms with Gasteiger partial charge in [-0.15, -0.1) is 0 Å². The van der Waals surface area contributed by atoms with Crippen molar-refractivity contribution < 1.29 is 33.9 Å². The smallest absolute Gasteiger partial charge is 0.326 e. The van der Waals surface area contributed by atoms with Gasteiger partial charge in [-0.05, 0) is 12.3 Å². The molecule has 0 rings (SSSR count). The zero-order valence-corrected chi connectivity index (χ0v) is 18.9. The standard InChI is InChI=1S/C18H32N6O7S/c1-3-8(2)14(18(30)31)24-17(29)11(6-13(21)26)23-16(28)10(4-5-12(20)25)22-15(27)9(19)7-32/h8-11,14,32H,3-7,19H2,1-2H3,(H2,20,25)(H2,21,26)(H,22,27)(H,23,28)(H,24,29)(H,30,31). The van der Waals surface area contributed by atoms with Crippen molar-refractivity contribution in [1.29, 1.82) is 0 Å². The molecular formula is C18H32N6O7S. The summed E-state index contributed by atoms with van der Waals surface area (Å²) in [6.45, 7) is 3.35. The van der Waals surface area contributed by atoms with Gasteiger partial charge in [-0.1, -0.05) is 20.3 Å². The zero-order valence-electron chi connectivity index (χ0n) is 18.0.